The molecule has 0 aliphatic carbocycles. The first-order valence-electron chi connectivity index (χ1n) is 6.96. The predicted molar refractivity (Wildman–Crippen MR) is 85.9 cm³/mol. The van der Waals surface area contributed by atoms with Crippen LogP contribution in [0.25, 0.3) is 10.8 Å². The predicted octanol–water partition coefficient (Wildman–Crippen LogP) is 3.91. The average molecular weight is 279 g/mol. The fourth-order valence-corrected chi connectivity index (χ4v) is 2.37. The molecule has 0 spiro atoms. The van der Waals surface area contributed by atoms with Gasteiger partial charge >= 0.3 is 0 Å². The smallest absolute Gasteiger partial charge is 0.157 e. The van der Waals surface area contributed by atoms with Gasteiger partial charge in [0, 0.05) is 12.2 Å². The molecule has 0 fully saturated rings. The first-order valence-corrected chi connectivity index (χ1v) is 6.96. The summed E-state index contributed by atoms with van der Waals surface area (Å²) in [5.74, 6) is -0.153. The minimum Gasteiger partial charge on any atom is -0.504 e. The number of hydrogen-bond acceptors (Lipinski definition) is 3. The number of rotatable bonds is 4. The molecule has 3 heteroatoms. The number of phenolic OH excluding ortho intramolecular Hbond substituents is 2. The van der Waals surface area contributed by atoms with Gasteiger partial charge in [0.25, 0.3) is 0 Å². The number of aromatic hydroxyl groups is 2. The van der Waals surface area contributed by atoms with E-state index in [2.05, 4.69) is 35.6 Å². The largest absolute Gasteiger partial charge is 0.504 e. The molecule has 0 bridgehead atoms. The number of anilines is 1. The summed E-state index contributed by atoms with van der Waals surface area (Å²) >= 11 is 0. The molecule has 0 amide bonds. The standard InChI is InChI=1S/C18H17NO2/c20-17-8-5-13(11-18(17)21)9-10-19-16-7-6-14-3-1-2-4-15(14)12-16/h1-8,11-12,19-21H,9-10H2. The quantitative estimate of drug-likeness (QED) is 0.635. The normalized spacial score (nSPS) is 10.7. The summed E-state index contributed by atoms with van der Waals surface area (Å²) in [7, 11) is 0. The summed E-state index contributed by atoms with van der Waals surface area (Å²) in [6.07, 6.45) is 0.778. The SMILES string of the molecule is Oc1ccc(CCNc2ccc3ccccc3c2)cc1O. The van der Waals surface area contributed by atoms with Crippen molar-refractivity contribution >= 4 is 16.5 Å². The van der Waals surface area contributed by atoms with Crippen LogP contribution in [0.15, 0.2) is 60.7 Å². The van der Waals surface area contributed by atoms with E-state index < -0.39 is 0 Å². The van der Waals surface area contributed by atoms with E-state index in [-0.39, 0.29) is 11.5 Å². The zero-order chi connectivity index (χ0) is 14.7. The fraction of sp³-hybridized carbons (Fsp3) is 0.111. The van der Waals surface area contributed by atoms with Crippen LogP contribution in [-0.4, -0.2) is 16.8 Å². The Kier molecular flexibility index (Phi) is 3.65. The molecule has 0 saturated heterocycles. The summed E-state index contributed by atoms with van der Waals surface area (Å²) in [6.45, 7) is 0.766. The third-order valence-electron chi connectivity index (χ3n) is 3.53. The Bertz CT molecular complexity index is 768. The van der Waals surface area contributed by atoms with Crippen LogP contribution >= 0.6 is 0 Å². The van der Waals surface area contributed by atoms with Crippen LogP contribution in [0.1, 0.15) is 5.56 Å². The summed E-state index contributed by atoms with van der Waals surface area (Å²) in [6, 6.07) is 19.5. The second-order valence-electron chi connectivity index (χ2n) is 5.06. The number of phenols is 2. The van der Waals surface area contributed by atoms with Crippen molar-refractivity contribution in [2.75, 3.05) is 11.9 Å². The van der Waals surface area contributed by atoms with Crippen molar-refractivity contribution in [3.63, 3.8) is 0 Å². The first kappa shape index (κ1) is 13.3. The highest BCUT2D eigenvalue weighted by molar-refractivity contribution is 5.85. The number of benzene rings is 3. The van der Waals surface area contributed by atoms with E-state index in [0.29, 0.717) is 0 Å². The lowest BCUT2D eigenvalue weighted by molar-refractivity contribution is 0.403. The maximum atomic E-state index is 9.46. The van der Waals surface area contributed by atoms with Crippen molar-refractivity contribution in [1.82, 2.24) is 0 Å². The van der Waals surface area contributed by atoms with E-state index in [1.807, 2.05) is 18.2 Å². The lowest BCUT2D eigenvalue weighted by atomic mass is 10.1. The van der Waals surface area contributed by atoms with Crippen molar-refractivity contribution in [1.29, 1.82) is 0 Å². The maximum absolute atomic E-state index is 9.46. The van der Waals surface area contributed by atoms with E-state index in [1.54, 1.807) is 6.07 Å². The van der Waals surface area contributed by atoms with Crippen LogP contribution in [0.4, 0.5) is 5.69 Å². The molecule has 3 rings (SSSR count). The summed E-state index contributed by atoms with van der Waals surface area (Å²) in [5.41, 5.74) is 2.07. The van der Waals surface area contributed by atoms with Crippen molar-refractivity contribution in [2.24, 2.45) is 0 Å². The van der Waals surface area contributed by atoms with Gasteiger partial charge in [0.2, 0.25) is 0 Å². The van der Waals surface area contributed by atoms with Crippen LogP contribution < -0.4 is 5.32 Å². The fourth-order valence-electron chi connectivity index (χ4n) is 2.37. The van der Waals surface area contributed by atoms with E-state index >= 15 is 0 Å². The molecule has 3 aromatic carbocycles. The van der Waals surface area contributed by atoms with Crippen molar-refractivity contribution in [3.8, 4) is 11.5 Å². The van der Waals surface area contributed by atoms with Crippen LogP contribution in [0, 0.1) is 0 Å². The Labute approximate surface area is 123 Å². The Balaban J connectivity index is 1.64. The Morgan fingerprint density at radius 1 is 0.762 bits per heavy atom. The monoisotopic (exact) mass is 279 g/mol. The highest BCUT2D eigenvalue weighted by Gasteiger charge is 2.01. The average Bonchev–Trinajstić information content (AvgIpc) is 2.51. The zero-order valence-corrected chi connectivity index (χ0v) is 11.6. The van der Waals surface area contributed by atoms with E-state index in [4.69, 9.17) is 0 Å². The molecule has 0 saturated carbocycles. The molecule has 0 aliphatic rings. The minimum absolute atomic E-state index is 0.0711. The van der Waals surface area contributed by atoms with Crippen molar-refractivity contribution in [2.45, 2.75) is 6.42 Å². The van der Waals surface area contributed by atoms with Gasteiger partial charge in [-0.1, -0.05) is 36.4 Å². The molecular weight excluding hydrogens is 262 g/mol. The molecule has 21 heavy (non-hydrogen) atoms. The topological polar surface area (TPSA) is 52.5 Å². The van der Waals surface area contributed by atoms with Crippen molar-refractivity contribution < 1.29 is 10.2 Å². The molecular formula is C18H17NO2. The molecule has 3 aromatic rings. The third-order valence-corrected chi connectivity index (χ3v) is 3.53. The lowest BCUT2D eigenvalue weighted by Gasteiger charge is -2.08. The highest BCUT2D eigenvalue weighted by atomic mass is 16.3. The zero-order valence-electron chi connectivity index (χ0n) is 11.6. The van der Waals surface area contributed by atoms with Gasteiger partial charge in [-0.05, 0) is 47.0 Å². The molecule has 106 valence electrons. The third kappa shape index (κ3) is 3.08. The van der Waals surface area contributed by atoms with Crippen LogP contribution in [0.2, 0.25) is 0 Å². The summed E-state index contributed by atoms with van der Waals surface area (Å²) in [4.78, 5) is 0. The van der Waals surface area contributed by atoms with Crippen molar-refractivity contribution in [3.05, 3.63) is 66.2 Å². The first-order chi connectivity index (χ1) is 10.2. The van der Waals surface area contributed by atoms with Gasteiger partial charge in [0.1, 0.15) is 0 Å². The second kappa shape index (κ2) is 5.75. The van der Waals surface area contributed by atoms with Gasteiger partial charge in [-0.15, -0.1) is 0 Å². The summed E-state index contributed by atoms with van der Waals surface area (Å²) < 4.78 is 0. The Morgan fingerprint density at radius 3 is 2.38 bits per heavy atom. The Morgan fingerprint density at radius 2 is 1.57 bits per heavy atom. The van der Waals surface area contributed by atoms with E-state index in [9.17, 15) is 10.2 Å². The van der Waals surface area contributed by atoms with E-state index in [0.717, 1.165) is 24.2 Å². The van der Waals surface area contributed by atoms with Gasteiger partial charge in [0.15, 0.2) is 11.5 Å². The molecule has 0 atom stereocenters. The molecule has 0 radical (unpaired) electrons. The summed E-state index contributed by atoms with van der Waals surface area (Å²) in [5, 5.41) is 24.6. The number of hydrogen-bond donors (Lipinski definition) is 3. The van der Waals surface area contributed by atoms with Gasteiger partial charge < -0.3 is 15.5 Å². The molecule has 0 aliphatic heterocycles. The molecule has 3 N–H and O–H groups in total. The molecule has 0 heterocycles. The Hall–Kier alpha value is -2.68. The molecule has 3 nitrogen and oxygen atoms in total. The van der Waals surface area contributed by atoms with Gasteiger partial charge in [-0.2, -0.15) is 0 Å². The number of fused-ring (bicyclic) bond motifs is 1. The number of nitrogens with one attached hydrogen (secondary N) is 1. The second-order valence-corrected chi connectivity index (χ2v) is 5.06. The maximum Gasteiger partial charge on any atom is 0.157 e. The van der Waals surface area contributed by atoms with Gasteiger partial charge in [-0.3, -0.25) is 0 Å². The van der Waals surface area contributed by atoms with E-state index in [1.165, 1.54) is 16.8 Å². The van der Waals surface area contributed by atoms with Crippen LogP contribution in [-0.2, 0) is 6.42 Å². The highest BCUT2D eigenvalue weighted by Crippen LogP contribution is 2.25. The minimum atomic E-state index is -0.0822. The molecule has 0 aromatic heterocycles. The van der Waals surface area contributed by atoms with Crippen LogP contribution in [0.3, 0.4) is 0 Å². The van der Waals surface area contributed by atoms with Crippen LogP contribution in [0.5, 0.6) is 11.5 Å². The van der Waals surface area contributed by atoms with Gasteiger partial charge in [-0.25, -0.2) is 0 Å². The lowest BCUT2D eigenvalue weighted by Crippen LogP contribution is -2.04. The molecule has 0 unspecified atom stereocenters. The van der Waals surface area contributed by atoms with Gasteiger partial charge in [0.05, 0.1) is 0 Å².